The van der Waals surface area contributed by atoms with E-state index in [1.807, 2.05) is 20.8 Å². The molecule has 0 aromatic carbocycles. The molecule has 8 heteroatoms. The Kier molecular flexibility index (Phi) is 6.48. The molecule has 0 radical (unpaired) electrons. The van der Waals surface area contributed by atoms with Gasteiger partial charge in [-0.05, 0) is 0 Å². The number of hydrogen-bond acceptors (Lipinski definition) is 5. The summed E-state index contributed by atoms with van der Waals surface area (Å²) >= 11 is 1.25. The lowest BCUT2D eigenvalue weighted by atomic mass is 9.96. The van der Waals surface area contributed by atoms with E-state index in [2.05, 4.69) is 15.6 Å². The zero-order chi connectivity index (χ0) is 16.8. The maximum atomic E-state index is 11.6. The number of carboxylic acid groups (broad SMARTS) is 1. The van der Waals surface area contributed by atoms with Gasteiger partial charge in [-0.25, -0.2) is 9.78 Å². The predicted octanol–water partition coefficient (Wildman–Crippen LogP) is 1.05. The molecule has 0 saturated heterocycles. The molecule has 0 spiro atoms. The SMILES string of the molecule is CC(C)(C)C(=O)NCCC(=O)NCCc1nc(C(=O)O)cs1. The van der Waals surface area contributed by atoms with Crippen LogP contribution in [-0.2, 0) is 16.0 Å². The van der Waals surface area contributed by atoms with Crippen LogP contribution in [0.5, 0.6) is 0 Å². The van der Waals surface area contributed by atoms with Gasteiger partial charge in [-0.1, -0.05) is 20.8 Å². The summed E-state index contributed by atoms with van der Waals surface area (Å²) in [5.74, 6) is -1.31. The van der Waals surface area contributed by atoms with Gasteiger partial charge in [0, 0.05) is 36.7 Å². The molecule has 0 atom stereocenters. The summed E-state index contributed by atoms with van der Waals surface area (Å²) in [7, 11) is 0. The van der Waals surface area contributed by atoms with Crippen LogP contribution in [0.1, 0.15) is 42.7 Å². The molecule has 0 aliphatic heterocycles. The van der Waals surface area contributed by atoms with E-state index in [0.717, 1.165) is 0 Å². The van der Waals surface area contributed by atoms with E-state index in [1.165, 1.54) is 16.7 Å². The van der Waals surface area contributed by atoms with Crippen LogP contribution in [0.4, 0.5) is 0 Å². The molecule has 0 fully saturated rings. The molecular formula is C14H21N3O4S. The molecule has 1 rings (SSSR count). The molecule has 122 valence electrons. The van der Waals surface area contributed by atoms with Gasteiger partial charge in [-0.2, -0.15) is 0 Å². The van der Waals surface area contributed by atoms with E-state index in [9.17, 15) is 14.4 Å². The number of aromatic carboxylic acids is 1. The number of nitrogens with zero attached hydrogens (tertiary/aromatic N) is 1. The third-order valence-corrected chi connectivity index (χ3v) is 3.66. The fourth-order valence-corrected chi connectivity index (χ4v) is 2.25. The van der Waals surface area contributed by atoms with Crippen molar-refractivity contribution in [3.05, 3.63) is 16.1 Å². The van der Waals surface area contributed by atoms with E-state index >= 15 is 0 Å². The number of carboxylic acids is 1. The number of carbonyl (C=O) groups excluding carboxylic acids is 2. The molecule has 7 nitrogen and oxygen atoms in total. The van der Waals surface area contributed by atoms with Crippen LogP contribution in [-0.4, -0.2) is 41.0 Å². The quantitative estimate of drug-likeness (QED) is 0.694. The molecule has 22 heavy (non-hydrogen) atoms. The molecule has 2 amide bonds. The zero-order valence-corrected chi connectivity index (χ0v) is 13.7. The molecule has 0 aliphatic rings. The molecule has 1 aromatic heterocycles. The fraction of sp³-hybridized carbons (Fsp3) is 0.571. The lowest BCUT2D eigenvalue weighted by Gasteiger charge is -2.17. The molecule has 0 saturated carbocycles. The van der Waals surface area contributed by atoms with Gasteiger partial charge in [0.25, 0.3) is 0 Å². The van der Waals surface area contributed by atoms with Crippen LogP contribution >= 0.6 is 11.3 Å². The number of rotatable bonds is 7. The van der Waals surface area contributed by atoms with Crippen molar-refractivity contribution in [3.8, 4) is 0 Å². The number of aromatic nitrogens is 1. The first-order valence-corrected chi connectivity index (χ1v) is 7.81. The van der Waals surface area contributed by atoms with Crippen molar-refractivity contribution < 1.29 is 19.5 Å². The van der Waals surface area contributed by atoms with Gasteiger partial charge in [0.05, 0.1) is 5.01 Å². The minimum atomic E-state index is -1.05. The summed E-state index contributed by atoms with van der Waals surface area (Å²) in [6.45, 7) is 6.10. The van der Waals surface area contributed by atoms with Crippen molar-refractivity contribution in [2.24, 2.45) is 5.41 Å². The largest absolute Gasteiger partial charge is 0.476 e. The standard InChI is InChI=1S/C14H21N3O4S/c1-14(2,3)13(21)16-6-4-10(18)15-7-5-11-17-9(8-22-11)12(19)20/h8H,4-7H2,1-3H3,(H,15,18)(H,16,21)(H,19,20). The van der Waals surface area contributed by atoms with Crippen LogP contribution in [0.3, 0.4) is 0 Å². The summed E-state index contributed by atoms with van der Waals surface area (Å²) in [6, 6.07) is 0. The zero-order valence-electron chi connectivity index (χ0n) is 12.9. The van der Waals surface area contributed by atoms with Crippen LogP contribution in [0.2, 0.25) is 0 Å². The van der Waals surface area contributed by atoms with Gasteiger partial charge >= 0.3 is 5.97 Å². The molecule has 1 heterocycles. The summed E-state index contributed by atoms with van der Waals surface area (Å²) in [5.41, 5.74) is -0.445. The smallest absolute Gasteiger partial charge is 0.355 e. The monoisotopic (exact) mass is 327 g/mol. The maximum absolute atomic E-state index is 11.6. The highest BCUT2D eigenvalue weighted by molar-refractivity contribution is 7.09. The Morgan fingerprint density at radius 2 is 1.91 bits per heavy atom. The Balaban J connectivity index is 2.20. The minimum absolute atomic E-state index is 0.0243. The first kappa shape index (κ1) is 18.1. The Bertz CT molecular complexity index is 549. The second-order valence-corrected chi connectivity index (χ2v) is 6.73. The van der Waals surface area contributed by atoms with Gasteiger partial charge in [0.15, 0.2) is 5.69 Å². The Labute approximate surface area is 133 Å². The van der Waals surface area contributed by atoms with Gasteiger partial charge in [0.2, 0.25) is 11.8 Å². The summed E-state index contributed by atoms with van der Waals surface area (Å²) in [5, 5.41) is 16.3. The first-order valence-electron chi connectivity index (χ1n) is 6.93. The van der Waals surface area contributed by atoms with E-state index in [-0.39, 0.29) is 23.9 Å². The number of thiazole rings is 1. The molecule has 1 aromatic rings. The van der Waals surface area contributed by atoms with Gasteiger partial charge in [-0.3, -0.25) is 9.59 Å². The summed E-state index contributed by atoms with van der Waals surface area (Å²) < 4.78 is 0. The number of hydrogen-bond donors (Lipinski definition) is 3. The second kappa shape index (κ2) is 7.88. The highest BCUT2D eigenvalue weighted by Crippen LogP contribution is 2.12. The molecule has 0 aliphatic carbocycles. The average molecular weight is 327 g/mol. The van der Waals surface area contributed by atoms with E-state index < -0.39 is 11.4 Å². The number of amides is 2. The maximum Gasteiger partial charge on any atom is 0.355 e. The Morgan fingerprint density at radius 1 is 1.23 bits per heavy atom. The van der Waals surface area contributed by atoms with E-state index in [1.54, 1.807) is 0 Å². The summed E-state index contributed by atoms with van der Waals surface area (Å²) in [6.07, 6.45) is 0.693. The molecular weight excluding hydrogens is 306 g/mol. The minimum Gasteiger partial charge on any atom is -0.476 e. The van der Waals surface area contributed by atoms with Crippen molar-refractivity contribution in [1.82, 2.24) is 15.6 Å². The van der Waals surface area contributed by atoms with Crippen LogP contribution < -0.4 is 10.6 Å². The lowest BCUT2D eigenvalue weighted by molar-refractivity contribution is -0.128. The van der Waals surface area contributed by atoms with Gasteiger partial charge in [-0.15, -0.1) is 11.3 Å². The molecule has 3 N–H and O–H groups in total. The van der Waals surface area contributed by atoms with Crippen molar-refractivity contribution >= 4 is 29.1 Å². The number of carbonyl (C=O) groups is 3. The van der Waals surface area contributed by atoms with Gasteiger partial charge < -0.3 is 15.7 Å². The normalized spacial score (nSPS) is 11.0. The number of nitrogens with one attached hydrogen (secondary N) is 2. The average Bonchev–Trinajstić information content (AvgIpc) is 2.86. The van der Waals surface area contributed by atoms with E-state index in [0.29, 0.717) is 24.5 Å². The highest BCUT2D eigenvalue weighted by Gasteiger charge is 2.20. The van der Waals surface area contributed by atoms with Crippen LogP contribution in [0, 0.1) is 5.41 Å². The van der Waals surface area contributed by atoms with Crippen molar-refractivity contribution in [3.63, 3.8) is 0 Å². The van der Waals surface area contributed by atoms with Crippen molar-refractivity contribution in [2.75, 3.05) is 13.1 Å². The molecule has 0 bridgehead atoms. The third kappa shape index (κ3) is 6.21. The molecule has 0 unspecified atom stereocenters. The topological polar surface area (TPSA) is 108 Å². The fourth-order valence-electron chi connectivity index (χ4n) is 1.48. The van der Waals surface area contributed by atoms with Crippen LogP contribution in [0.15, 0.2) is 5.38 Å². The van der Waals surface area contributed by atoms with Crippen LogP contribution in [0.25, 0.3) is 0 Å². The second-order valence-electron chi connectivity index (χ2n) is 5.79. The highest BCUT2D eigenvalue weighted by atomic mass is 32.1. The van der Waals surface area contributed by atoms with Crippen molar-refractivity contribution in [1.29, 1.82) is 0 Å². The third-order valence-electron chi connectivity index (χ3n) is 2.75. The predicted molar refractivity (Wildman–Crippen MR) is 82.9 cm³/mol. The summed E-state index contributed by atoms with van der Waals surface area (Å²) in [4.78, 5) is 37.8. The van der Waals surface area contributed by atoms with Gasteiger partial charge in [0.1, 0.15) is 0 Å². The Morgan fingerprint density at radius 3 is 2.45 bits per heavy atom. The first-order chi connectivity index (χ1) is 10.2. The Hall–Kier alpha value is -1.96. The lowest BCUT2D eigenvalue weighted by Crippen LogP contribution is -2.37. The van der Waals surface area contributed by atoms with E-state index in [4.69, 9.17) is 5.11 Å². The van der Waals surface area contributed by atoms with Crippen molar-refractivity contribution in [2.45, 2.75) is 33.6 Å².